The Bertz CT molecular complexity index is 1280. The van der Waals surface area contributed by atoms with Crippen molar-refractivity contribution in [1.29, 1.82) is 0 Å². The van der Waals surface area contributed by atoms with Gasteiger partial charge in [0.2, 0.25) is 5.91 Å². The zero-order chi connectivity index (χ0) is 20.3. The molecule has 0 saturated heterocycles. The molecule has 6 nitrogen and oxygen atoms in total. The highest BCUT2D eigenvalue weighted by Crippen LogP contribution is 2.40. The van der Waals surface area contributed by atoms with E-state index in [4.69, 9.17) is 0 Å². The van der Waals surface area contributed by atoms with Crippen LogP contribution >= 0.6 is 11.8 Å². The predicted octanol–water partition coefficient (Wildman–Crippen LogP) is 4.17. The van der Waals surface area contributed by atoms with E-state index in [0.29, 0.717) is 27.8 Å². The SMILES string of the molecule is CSc1c(F)c(F)c2[nH]ncc2c1-c1ccn2nc(NC(=O)[C@H]3C[C@@H]3F)cc2c1. The summed E-state index contributed by atoms with van der Waals surface area (Å²) in [6.45, 7) is 0. The van der Waals surface area contributed by atoms with Crippen molar-refractivity contribution >= 4 is 39.9 Å². The molecule has 2 N–H and O–H groups in total. The Morgan fingerprint density at radius 1 is 1.34 bits per heavy atom. The first kappa shape index (κ1) is 18.0. The average molecular weight is 417 g/mol. The number of carbonyl (C=O) groups is 1. The minimum absolute atomic E-state index is 0.00171. The number of pyridine rings is 1. The number of carbonyl (C=O) groups excluding carboxylic acids is 1. The van der Waals surface area contributed by atoms with E-state index in [1.165, 1.54) is 6.20 Å². The van der Waals surface area contributed by atoms with Gasteiger partial charge in [0.1, 0.15) is 11.7 Å². The van der Waals surface area contributed by atoms with Crippen molar-refractivity contribution in [3.05, 3.63) is 42.2 Å². The second kappa shape index (κ2) is 6.51. The molecule has 3 aromatic heterocycles. The normalized spacial score (nSPS) is 18.5. The number of hydrogen-bond donors (Lipinski definition) is 2. The monoisotopic (exact) mass is 417 g/mol. The van der Waals surface area contributed by atoms with Crippen LogP contribution in [0.3, 0.4) is 0 Å². The molecule has 1 aromatic carbocycles. The number of thioether (sulfide) groups is 1. The quantitative estimate of drug-likeness (QED) is 0.489. The number of halogens is 3. The number of alkyl halides is 1. The Balaban J connectivity index is 1.60. The van der Waals surface area contributed by atoms with Gasteiger partial charge in [-0.1, -0.05) is 0 Å². The van der Waals surface area contributed by atoms with E-state index < -0.39 is 29.6 Å². The van der Waals surface area contributed by atoms with E-state index in [0.717, 1.165) is 11.8 Å². The molecule has 29 heavy (non-hydrogen) atoms. The highest BCUT2D eigenvalue weighted by atomic mass is 32.2. The summed E-state index contributed by atoms with van der Waals surface area (Å²) >= 11 is 1.11. The van der Waals surface area contributed by atoms with Crippen molar-refractivity contribution in [2.45, 2.75) is 17.5 Å². The van der Waals surface area contributed by atoms with Crippen LogP contribution in [0.4, 0.5) is 19.0 Å². The van der Waals surface area contributed by atoms with Gasteiger partial charge in [0.05, 0.1) is 22.5 Å². The molecule has 0 bridgehead atoms. The van der Waals surface area contributed by atoms with E-state index in [1.807, 2.05) is 0 Å². The molecule has 5 rings (SSSR count). The van der Waals surface area contributed by atoms with Gasteiger partial charge in [0.25, 0.3) is 0 Å². The van der Waals surface area contributed by atoms with E-state index in [9.17, 15) is 18.0 Å². The van der Waals surface area contributed by atoms with Gasteiger partial charge >= 0.3 is 0 Å². The highest BCUT2D eigenvalue weighted by Gasteiger charge is 2.43. The second-order valence-electron chi connectivity index (χ2n) is 6.86. The van der Waals surface area contributed by atoms with E-state index in [2.05, 4.69) is 20.6 Å². The van der Waals surface area contributed by atoms with Gasteiger partial charge in [-0.15, -0.1) is 11.8 Å². The van der Waals surface area contributed by atoms with E-state index in [1.54, 1.807) is 35.2 Å². The second-order valence-corrected chi connectivity index (χ2v) is 7.67. The number of nitrogens with zero attached hydrogens (tertiary/aromatic N) is 3. The molecule has 0 spiro atoms. The van der Waals surface area contributed by atoms with Crippen LogP contribution < -0.4 is 5.32 Å². The van der Waals surface area contributed by atoms with Gasteiger partial charge in [-0.25, -0.2) is 17.7 Å². The van der Waals surface area contributed by atoms with Crippen LogP contribution in [0.5, 0.6) is 0 Å². The van der Waals surface area contributed by atoms with Crippen molar-refractivity contribution in [2.75, 3.05) is 11.6 Å². The van der Waals surface area contributed by atoms with Crippen LogP contribution in [0.2, 0.25) is 0 Å². The lowest BCUT2D eigenvalue weighted by Crippen LogP contribution is -2.15. The third-order valence-corrected chi connectivity index (χ3v) is 5.80. The standard InChI is InChI=1S/C19H14F3N5OS/c1-29-18-14(11-7-23-25-17(11)15(21)16(18)22)8-2-3-27-9(4-8)5-13(26-27)24-19(28)10-6-12(10)20/h2-5,7,10,12H,6H2,1H3,(H,23,25)(H,24,26,28)/t10-,12-/m0/s1. The number of H-pyrrole nitrogens is 1. The summed E-state index contributed by atoms with van der Waals surface area (Å²) in [6, 6.07) is 5.13. The maximum atomic E-state index is 14.6. The lowest BCUT2D eigenvalue weighted by atomic mass is 10.0. The third-order valence-electron chi connectivity index (χ3n) is 5.00. The average Bonchev–Trinajstić information content (AvgIpc) is 3.09. The number of amides is 1. The van der Waals surface area contributed by atoms with Gasteiger partial charge in [0, 0.05) is 23.2 Å². The molecular formula is C19H14F3N5OS. The summed E-state index contributed by atoms with van der Waals surface area (Å²) in [5.74, 6) is -2.61. The molecule has 4 aromatic rings. The van der Waals surface area contributed by atoms with Crippen LogP contribution in [-0.2, 0) is 4.79 Å². The number of anilines is 1. The first-order valence-electron chi connectivity index (χ1n) is 8.80. The van der Waals surface area contributed by atoms with E-state index in [-0.39, 0.29) is 16.8 Å². The van der Waals surface area contributed by atoms with Crippen molar-refractivity contribution in [3.63, 3.8) is 0 Å². The molecule has 10 heteroatoms. The first-order chi connectivity index (χ1) is 14.0. The highest BCUT2D eigenvalue weighted by molar-refractivity contribution is 7.98. The fourth-order valence-corrected chi connectivity index (χ4v) is 4.13. The number of rotatable bonds is 4. The Morgan fingerprint density at radius 2 is 2.14 bits per heavy atom. The lowest BCUT2D eigenvalue weighted by Gasteiger charge is -2.12. The van der Waals surface area contributed by atoms with Crippen molar-refractivity contribution in [3.8, 4) is 11.1 Å². The molecular weight excluding hydrogens is 403 g/mol. The smallest absolute Gasteiger partial charge is 0.231 e. The van der Waals surface area contributed by atoms with Gasteiger partial charge in [0.15, 0.2) is 17.5 Å². The molecule has 1 fully saturated rings. The number of nitrogens with one attached hydrogen (secondary N) is 2. The van der Waals surface area contributed by atoms with Gasteiger partial charge in [-0.05, 0) is 30.4 Å². The zero-order valence-electron chi connectivity index (χ0n) is 15.0. The van der Waals surface area contributed by atoms with Crippen LogP contribution in [-0.4, -0.2) is 38.1 Å². The fraction of sp³-hybridized carbons (Fsp3) is 0.211. The predicted molar refractivity (Wildman–Crippen MR) is 104 cm³/mol. The number of hydrogen-bond acceptors (Lipinski definition) is 4. The van der Waals surface area contributed by atoms with Crippen LogP contribution in [0.15, 0.2) is 35.5 Å². The maximum absolute atomic E-state index is 14.6. The summed E-state index contributed by atoms with van der Waals surface area (Å²) in [6.07, 6.45) is 3.94. The molecule has 1 saturated carbocycles. The molecule has 1 aliphatic carbocycles. The van der Waals surface area contributed by atoms with Crippen LogP contribution in [0.1, 0.15) is 6.42 Å². The number of aromatic amines is 1. The molecule has 2 atom stereocenters. The van der Waals surface area contributed by atoms with E-state index >= 15 is 0 Å². The summed E-state index contributed by atoms with van der Waals surface area (Å²) in [4.78, 5) is 12.1. The molecule has 0 radical (unpaired) electrons. The summed E-state index contributed by atoms with van der Waals surface area (Å²) in [5, 5.41) is 13.7. The molecule has 1 aliphatic rings. The minimum atomic E-state index is -1.09. The molecule has 148 valence electrons. The molecule has 3 heterocycles. The van der Waals surface area contributed by atoms with Crippen molar-refractivity contribution in [2.24, 2.45) is 5.92 Å². The Kier molecular flexibility index (Phi) is 4.05. The molecule has 0 aliphatic heterocycles. The third kappa shape index (κ3) is 2.86. The van der Waals surface area contributed by atoms with Crippen molar-refractivity contribution in [1.82, 2.24) is 19.8 Å². The Morgan fingerprint density at radius 3 is 2.86 bits per heavy atom. The number of fused-ring (bicyclic) bond motifs is 2. The number of benzene rings is 1. The van der Waals surface area contributed by atoms with Crippen molar-refractivity contribution < 1.29 is 18.0 Å². The van der Waals surface area contributed by atoms with Gasteiger partial charge < -0.3 is 5.32 Å². The zero-order valence-corrected chi connectivity index (χ0v) is 15.9. The Labute approximate surface area is 166 Å². The lowest BCUT2D eigenvalue weighted by molar-refractivity contribution is -0.117. The largest absolute Gasteiger partial charge is 0.309 e. The van der Waals surface area contributed by atoms with Gasteiger partial charge in [-0.2, -0.15) is 10.2 Å². The number of aromatic nitrogens is 4. The first-order valence-corrected chi connectivity index (χ1v) is 10.0. The topological polar surface area (TPSA) is 75.1 Å². The maximum Gasteiger partial charge on any atom is 0.231 e. The fourth-order valence-electron chi connectivity index (χ4n) is 3.43. The van der Waals surface area contributed by atoms with Crippen LogP contribution in [0, 0.1) is 17.6 Å². The minimum Gasteiger partial charge on any atom is -0.309 e. The summed E-state index contributed by atoms with van der Waals surface area (Å²) in [5.41, 5.74) is 1.81. The summed E-state index contributed by atoms with van der Waals surface area (Å²) < 4.78 is 43.5. The summed E-state index contributed by atoms with van der Waals surface area (Å²) in [7, 11) is 0. The molecule has 0 unspecified atom stereocenters. The van der Waals surface area contributed by atoms with Gasteiger partial charge in [-0.3, -0.25) is 9.89 Å². The molecule has 1 amide bonds. The van der Waals surface area contributed by atoms with Crippen LogP contribution in [0.25, 0.3) is 27.5 Å². The Hall–Kier alpha value is -3.01.